The van der Waals surface area contributed by atoms with E-state index in [1.807, 2.05) is 11.8 Å². The zero-order valence-electron chi connectivity index (χ0n) is 8.82. The molecule has 0 amide bonds. The van der Waals surface area contributed by atoms with Crippen LogP contribution in [0.5, 0.6) is 0 Å². The van der Waals surface area contributed by atoms with Crippen molar-refractivity contribution < 1.29 is 4.52 Å². The van der Waals surface area contributed by atoms with Crippen molar-refractivity contribution in [3.8, 4) is 0 Å². The molecular weight excluding hydrogens is 210 g/mol. The maximum atomic E-state index is 5.44. The fourth-order valence-electron chi connectivity index (χ4n) is 1.82. The summed E-state index contributed by atoms with van der Waals surface area (Å²) < 4.78 is 5.15. The first kappa shape index (κ1) is 11.0. The molecule has 2 rings (SSSR count). The van der Waals surface area contributed by atoms with Crippen LogP contribution in [0, 0.1) is 0 Å². The molecule has 0 aliphatic carbocycles. The monoisotopic (exact) mass is 227 g/mol. The van der Waals surface area contributed by atoms with Crippen molar-refractivity contribution in [1.82, 2.24) is 10.1 Å². The first-order valence-electron chi connectivity index (χ1n) is 5.50. The first-order valence-corrected chi connectivity index (χ1v) is 6.66. The molecule has 84 valence electrons. The summed E-state index contributed by atoms with van der Waals surface area (Å²) in [6, 6.07) is 0. The van der Waals surface area contributed by atoms with E-state index in [0.717, 1.165) is 5.82 Å². The molecule has 0 spiro atoms. The zero-order chi connectivity index (χ0) is 10.5. The van der Waals surface area contributed by atoms with E-state index in [9.17, 15) is 0 Å². The molecule has 1 fully saturated rings. The van der Waals surface area contributed by atoms with Crippen molar-refractivity contribution in [2.75, 3.05) is 18.1 Å². The SMILES string of the molecule is NCCc1nc([C@H]2CCCSCC2)no1. The van der Waals surface area contributed by atoms with E-state index in [1.54, 1.807) is 0 Å². The quantitative estimate of drug-likeness (QED) is 0.849. The van der Waals surface area contributed by atoms with Crippen molar-refractivity contribution in [3.05, 3.63) is 11.7 Å². The topological polar surface area (TPSA) is 64.9 Å². The molecule has 1 atom stereocenters. The maximum Gasteiger partial charge on any atom is 0.227 e. The van der Waals surface area contributed by atoms with Crippen LogP contribution in [0.15, 0.2) is 4.52 Å². The Morgan fingerprint density at radius 2 is 2.33 bits per heavy atom. The van der Waals surface area contributed by atoms with Gasteiger partial charge in [0.2, 0.25) is 5.89 Å². The third kappa shape index (κ3) is 2.95. The minimum atomic E-state index is 0.496. The van der Waals surface area contributed by atoms with Gasteiger partial charge in [-0.1, -0.05) is 5.16 Å². The highest BCUT2D eigenvalue weighted by molar-refractivity contribution is 7.99. The van der Waals surface area contributed by atoms with Crippen molar-refractivity contribution >= 4 is 11.8 Å². The maximum absolute atomic E-state index is 5.44. The van der Waals surface area contributed by atoms with Gasteiger partial charge in [-0.2, -0.15) is 16.7 Å². The second kappa shape index (κ2) is 5.51. The summed E-state index contributed by atoms with van der Waals surface area (Å²) in [4.78, 5) is 4.40. The number of rotatable bonds is 3. The fraction of sp³-hybridized carbons (Fsp3) is 0.800. The first-order chi connectivity index (χ1) is 7.40. The van der Waals surface area contributed by atoms with Gasteiger partial charge in [-0.05, 0) is 30.8 Å². The number of aromatic nitrogens is 2. The van der Waals surface area contributed by atoms with Crippen LogP contribution in [0.1, 0.15) is 36.9 Å². The van der Waals surface area contributed by atoms with E-state index >= 15 is 0 Å². The normalized spacial score (nSPS) is 22.6. The van der Waals surface area contributed by atoms with Gasteiger partial charge in [0, 0.05) is 18.9 Å². The third-order valence-corrected chi connectivity index (χ3v) is 3.76. The summed E-state index contributed by atoms with van der Waals surface area (Å²) in [5, 5.41) is 4.05. The lowest BCUT2D eigenvalue weighted by atomic mass is 10.0. The van der Waals surface area contributed by atoms with Crippen LogP contribution < -0.4 is 5.73 Å². The van der Waals surface area contributed by atoms with Crippen LogP contribution in [0.4, 0.5) is 0 Å². The second-order valence-electron chi connectivity index (χ2n) is 3.83. The summed E-state index contributed by atoms with van der Waals surface area (Å²) in [6.07, 6.45) is 4.31. The highest BCUT2D eigenvalue weighted by Crippen LogP contribution is 2.28. The predicted molar refractivity (Wildman–Crippen MR) is 61.0 cm³/mol. The van der Waals surface area contributed by atoms with Crippen LogP contribution in [0.25, 0.3) is 0 Å². The van der Waals surface area contributed by atoms with Crippen molar-refractivity contribution in [2.24, 2.45) is 5.73 Å². The van der Waals surface area contributed by atoms with Crippen molar-refractivity contribution in [2.45, 2.75) is 31.6 Å². The molecule has 1 aromatic rings. The van der Waals surface area contributed by atoms with Gasteiger partial charge in [0.1, 0.15) is 0 Å². The molecule has 4 nitrogen and oxygen atoms in total. The van der Waals surface area contributed by atoms with E-state index in [2.05, 4.69) is 10.1 Å². The van der Waals surface area contributed by atoms with E-state index in [1.165, 1.54) is 30.8 Å². The van der Waals surface area contributed by atoms with Gasteiger partial charge in [-0.3, -0.25) is 0 Å². The van der Waals surface area contributed by atoms with Gasteiger partial charge >= 0.3 is 0 Å². The molecule has 0 aromatic carbocycles. The highest BCUT2D eigenvalue weighted by Gasteiger charge is 2.19. The molecule has 2 heterocycles. The Labute approximate surface area is 94.0 Å². The van der Waals surface area contributed by atoms with Gasteiger partial charge in [-0.15, -0.1) is 0 Å². The lowest BCUT2D eigenvalue weighted by Crippen LogP contribution is -2.04. The zero-order valence-corrected chi connectivity index (χ0v) is 9.63. The van der Waals surface area contributed by atoms with E-state index in [0.29, 0.717) is 24.8 Å². The minimum Gasteiger partial charge on any atom is -0.339 e. The number of nitrogens with zero attached hydrogens (tertiary/aromatic N) is 2. The smallest absolute Gasteiger partial charge is 0.227 e. The Morgan fingerprint density at radius 3 is 3.20 bits per heavy atom. The molecule has 15 heavy (non-hydrogen) atoms. The number of thioether (sulfide) groups is 1. The van der Waals surface area contributed by atoms with E-state index in [-0.39, 0.29) is 0 Å². The number of hydrogen-bond acceptors (Lipinski definition) is 5. The lowest BCUT2D eigenvalue weighted by molar-refractivity contribution is 0.369. The summed E-state index contributed by atoms with van der Waals surface area (Å²) in [5.74, 6) is 4.55. The molecule has 1 aliphatic heterocycles. The summed E-state index contributed by atoms with van der Waals surface area (Å²) in [7, 11) is 0. The Morgan fingerprint density at radius 1 is 1.40 bits per heavy atom. The van der Waals surface area contributed by atoms with Gasteiger partial charge in [0.15, 0.2) is 5.82 Å². The summed E-state index contributed by atoms with van der Waals surface area (Å²) in [5.41, 5.74) is 5.44. The average Bonchev–Trinajstić information content (AvgIpc) is 2.53. The summed E-state index contributed by atoms with van der Waals surface area (Å²) in [6.45, 7) is 0.572. The lowest BCUT2D eigenvalue weighted by Gasteiger charge is -2.06. The number of nitrogens with two attached hydrogens (primary N) is 1. The van der Waals surface area contributed by atoms with E-state index < -0.39 is 0 Å². The molecule has 2 N–H and O–H groups in total. The average molecular weight is 227 g/mol. The standard InChI is InChI=1S/C10H17N3OS/c11-5-3-9-12-10(13-14-9)8-2-1-6-15-7-4-8/h8H,1-7,11H2/t8-/m0/s1. The summed E-state index contributed by atoms with van der Waals surface area (Å²) >= 11 is 2.03. The van der Waals surface area contributed by atoms with Crippen LogP contribution in [-0.2, 0) is 6.42 Å². The van der Waals surface area contributed by atoms with Crippen molar-refractivity contribution in [1.29, 1.82) is 0 Å². The predicted octanol–water partition coefficient (Wildman–Crippen LogP) is 1.57. The molecule has 1 aromatic heterocycles. The Balaban J connectivity index is 2.00. The third-order valence-electron chi connectivity index (χ3n) is 2.66. The van der Waals surface area contributed by atoms with Crippen molar-refractivity contribution in [3.63, 3.8) is 0 Å². The fourth-order valence-corrected chi connectivity index (χ4v) is 2.85. The van der Waals surface area contributed by atoms with Gasteiger partial charge < -0.3 is 10.3 Å². The van der Waals surface area contributed by atoms with Crippen LogP contribution in [0.2, 0.25) is 0 Å². The Bertz CT molecular complexity index is 295. The molecule has 0 radical (unpaired) electrons. The van der Waals surface area contributed by atoms with Gasteiger partial charge in [0.05, 0.1) is 0 Å². The molecule has 0 unspecified atom stereocenters. The van der Waals surface area contributed by atoms with E-state index in [4.69, 9.17) is 10.3 Å². The molecule has 0 bridgehead atoms. The van der Waals surface area contributed by atoms with Gasteiger partial charge in [0.25, 0.3) is 0 Å². The molecule has 5 heteroatoms. The Hall–Kier alpha value is -0.550. The minimum absolute atomic E-state index is 0.496. The molecule has 1 aliphatic rings. The van der Waals surface area contributed by atoms with Crippen LogP contribution in [0.3, 0.4) is 0 Å². The molecule has 1 saturated heterocycles. The van der Waals surface area contributed by atoms with Gasteiger partial charge in [-0.25, -0.2) is 0 Å². The second-order valence-corrected chi connectivity index (χ2v) is 5.05. The molecule has 0 saturated carbocycles. The largest absolute Gasteiger partial charge is 0.339 e. The number of hydrogen-bond donors (Lipinski definition) is 1. The van der Waals surface area contributed by atoms with Crippen LogP contribution in [-0.4, -0.2) is 28.2 Å². The van der Waals surface area contributed by atoms with Crippen LogP contribution >= 0.6 is 11.8 Å². The molecular formula is C10H17N3OS. The Kier molecular flexibility index (Phi) is 4.02. The highest BCUT2D eigenvalue weighted by atomic mass is 32.2.